The van der Waals surface area contributed by atoms with Crippen LogP contribution in [0.15, 0.2) is 47.5 Å². The fourth-order valence-electron chi connectivity index (χ4n) is 3.28. The Morgan fingerprint density at radius 1 is 1.00 bits per heavy atom. The summed E-state index contributed by atoms with van der Waals surface area (Å²) < 4.78 is 10.6. The number of hydrogen-bond donors (Lipinski definition) is 1. The summed E-state index contributed by atoms with van der Waals surface area (Å²) in [6.45, 7) is 4.17. The van der Waals surface area contributed by atoms with Gasteiger partial charge >= 0.3 is 0 Å². The summed E-state index contributed by atoms with van der Waals surface area (Å²) in [7, 11) is 3.27. The maximum absolute atomic E-state index is 6.21. The largest absolute Gasteiger partial charge is 0.493 e. The topological polar surface area (TPSA) is 63.3 Å². The van der Waals surface area contributed by atoms with Crippen molar-refractivity contribution >= 4 is 47.2 Å². The Kier molecular flexibility index (Phi) is 9.16. The van der Waals surface area contributed by atoms with Crippen LogP contribution in [0.3, 0.4) is 0 Å². The highest BCUT2D eigenvalue weighted by Gasteiger charge is 2.18. The number of nitrogens with two attached hydrogens (primary N) is 1. The zero-order valence-corrected chi connectivity index (χ0v) is 19.9. The molecule has 6 nitrogen and oxygen atoms in total. The number of aliphatic imine (C=N–C) groups is 1. The Balaban J connectivity index is 0.00000300. The first kappa shape index (κ1) is 23.4. The molecule has 1 aliphatic rings. The number of halogens is 2. The highest BCUT2D eigenvalue weighted by molar-refractivity contribution is 14.0. The molecule has 0 atom stereocenters. The van der Waals surface area contributed by atoms with Crippen molar-refractivity contribution in [3.63, 3.8) is 0 Å². The average Bonchev–Trinajstić information content (AvgIpc) is 2.74. The normalized spacial score (nSPS) is 14.4. The van der Waals surface area contributed by atoms with Crippen LogP contribution in [-0.2, 0) is 6.42 Å². The lowest BCUT2D eigenvalue weighted by Crippen LogP contribution is -2.51. The Hall–Kier alpha value is -1.87. The van der Waals surface area contributed by atoms with Gasteiger partial charge in [0.15, 0.2) is 17.5 Å². The van der Waals surface area contributed by atoms with Crippen molar-refractivity contribution in [1.82, 2.24) is 4.90 Å². The third-order valence-corrected chi connectivity index (χ3v) is 5.17. The summed E-state index contributed by atoms with van der Waals surface area (Å²) in [6, 6.07) is 13.9. The number of piperazine rings is 1. The Bertz CT molecular complexity index is 809. The molecule has 0 spiro atoms. The van der Waals surface area contributed by atoms with Gasteiger partial charge in [0, 0.05) is 43.4 Å². The maximum atomic E-state index is 6.21. The fourth-order valence-corrected chi connectivity index (χ4v) is 3.41. The van der Waals surface area contributed by atoms with Gasteiger partial charge in [-0.2, -0.15) is 0 Å². The predicted molar refractivity (Wildman–Crippen MR) is 130 cm³/mol. The van der Waals surface area contributed by atoms with E-state index in [1.54, 1.807) is 14.2 Å². The second-order valence-corrected chi connectivity index (χ2v) is 7.07. The van der Waals surface area contributed by atoms with Gasteiger partial charge in [0.05, 0.1) is 14.2 Å². The molecule has 0 saturated carbocycles. The minimum atomic E-state index is 0. The van der Waals surface area contributed by atoms with Gasteiger partial charge in [-0.25, -0.2) is 0 Å². The molecule has 1 aliphatic heterocycles. The zero-order valence-electron chi connectivity index (χ0n) is 16.8. The molecule has 2 N–H and O–H groups in total. The van der Waals surface area contributed by atoms with Crippen molar-refractivity contribution in [1.29, 1.82) is 0 Å². The van der Waals surface area contributed by atoms with Gasteiger partial charge in [0.1, 0.15) is 0 Å². The number of methoxy groups -OCH3 is 2. The van der Waals surface area contributed by atoms with Crippen molar-refractivity contribution in [3.05, 3.63) is 53.1 Å². The van der Waals surface area contributed by atoms with Gasteiger partial charge in [-0.05, 0) is 48.4 Å². The summed E-state index contributed by atoms with van der Waals surface area (Å²) in [5, 5.41) is 0.758. The number of anilines is 1. The standard InChI is InChI=1S/C21H27ClN4O2.HI/c1-27-19-8-3-16(15-20(19)28-2)9-10-24-21(23)26-13-11-25(12-14-26)18-6-4-17(22)5-7-18;/h3-8,15H,9-14H2,1-2H3,(H2,23,24);1H. The lowest BCUT2D eigenvalue weighted by Gasteiger charge is -2.36. The van der Waals surface area contributed by atoms with E-state index in [1.165, 1.54) is 5.69 Å². The highest BCUT2D eigenvalue weighted by Crippen LogP contribution is 2.27. The molecule has 0 aromatic heterocycles. The SMILES string of the molecule is COc1ccc(CCN=C(N)N2CCN(c3ccc(Cl)cc3)CC2)cc1OC.I. The van der Waals surface area contributed by atoms with E-state index in [4.69, 9.17) is 26.8 Å². The van der Waals surface area contributed by atoms with Gasteiger partial charge in [-0.1, -0.05) is 17.7 Å². The highest BCUT2D eigenvalue weighted by atomic mass is 127. The zero-order chi connectivity index (χ0) is 19.9. The fraction of sp³-hybridized carbons (Fsp3) is 0.381. The van der Waals surface area contributed by atoms with Crippen LogP contribution in [0.4, 0.5) is 5.69 Å². The molecule has 0 radical (unpaired) electrons. The van der Waals surface area contributed by atoms with E-state index >= 15 is 0 Å². The number of nitrogens with zero attached hydrogens (tertiary/aromatic N) is 3. The Morgan fingerprint density at radius 2 is 1.66 bits per heavy atom. The van der Waals surface area contributed by atoms with E-state index < -0.39 is 0 Å². The number of ether oxygens (including phenoxy) is 2. The van der Waals surface area contributed by atoms with Crippen molar-refractivity contribution < 1.29 is 9.47 Å². The molecule has 0 aliphatic carbocycles. The van der Waals surface area contributed by atoms with Crippen molar-refractivity contribution in [2.75, 3.05) is 51.8 Å². The monoisotopic (exact) mass is 530 g/mol. The first-order chi connectivity index (χ1) is 13.6. The van der Waals surface area contributed by atoms with Crippen LogP contribution < -0.4 is 20.1 Å². The molecule has 2 aromatic rings. The molecule has 1 heterocycles. The minimum absolute atomic E-state index is 0. The third kappa shape index (κ3) is 6.30. The van der Waals surface area contributed by atoms with Gasteiger partial charge in [-0.3, -0.25) is 4.99 Å². The maximum Gasteiger partial charge on any atom is 0.191 e. The smallest absolute Gasteiger partial charge is 0.191 e. The second kappa shape index (κ2) is 11.3. The van der Waals surface area contributed by atoms with Gasteiger partial charge in [0.2, 0.25) is 0 Å². The summed E-state index contributed by atoms with van der Waals surface area (Å²) in [6.07, 6.45) is 0.797. The average molecular weight is 531 g/mol. The molecule has 29 heavy (non-hydrogen) atoms. The Morgan fingerprint density at radius 3 is 2.28 bits per heavy atom. The summed E-state index contributed by atoms with van der Waals surface area (Å²) in [5.74, 6) is 2.07. The molecule has 0 unspecified atom stereocenters. The Labute approximate surface area is 194 Å². The number of hydrogen-bond acceptors (Lipinski definition) is 4. The lowest BCUT2D eigenvalue weighted by atomic mass is 10.1. The van der Waals surface area contributed by atoms with E-state index in [9.17, 15) is 0 Å². The molecule has 0 amide bonds. The minimum Gasteiger partial charge on any atom is -0.493 e. The van der Waals surface area contributed by atoms with Crippen LogP contribution in [-0.4, -0.2) is 57.8 Å². The molecule has 8 heteroatoms. The van der Waals surface area contributed by atoms with Crippen LogP contribution >= 0.6 is 35.6 Å². The first-order valence-corrected chi connectivity index (χ1v) is 9.75. The molecule has 158 valence electrons. The molecule has 1 saturated heterocycles. The van der Waals surface area contributed by atoms with Gasteiger partial charge < -0.3 is 25.0 Å². The molecular formula is C21H28ClIN4O2. The second-order valence-electron chi connectivity index (χ2n) is 6.63. The van der Waals surface area contributed by atoms with E-state index in [0.717, 1.165) is 54.7 Å². The molecule has 2 aromatic carbocycles. The van der Waals surface area contributed by atoms with E-state index in [2.05, 4.69) is 26.9 Å². The van der Waals surface area contributed by atoms with Crippen LogP contribution in [0.2, 0.25) is 5.02 Å². The van der Waals surface area contributed by atoms with E-state index in [0.29, 0.717) is 12.5 Å². The summed E-state index contributed by atoms with van der Waals surface area (Å²) >= 11 is 5.97. The van der Waals surface area contributed by atoms with Crippen molar-refractivity contribution in [2.45, 2.75) is 6.42 Å². The third-order valence-electron chi connectivity index (χ3n) is 4.92. The van der Waals surface area contributed by atoms with Gasteiger partial charge in [0.25, 0.3) is 0 Å². The molecule has 1 fully saturated rings. The van der Waals surface area contributed by atoms with Crippen LogP contribution in [0, 0.1) is 0 Å². The predicted octanol–water partition coefficient (Wildman–Crippen LogP) is 3.65. The van der Waals surface area contributed by atoms with Crippen LogP contribution in [0.25, 0.3) is 0 Å². The number of guanidine groups is 1. The van der Waals surface area contributed by atoms with Crippen molar-refractivity contribution in [2.24, 2.45) is 10.7 Å². The molecule has 0 bridgehead atoms. The number of rotatable bonds is 6. The molecule has 3 rings (SSSR count). The number of benzene rings is 2. The summed E-state index contributed by atoms with van der Waals surface area (Å²) in [4.78, 5) is 9.04. The van der Waals surface area contributed by atoms with E-state index in [-0.39, 0.29) is 24.0 Å². The quantitative estimate of drug-likeness (QED) is 0.351. The first-order valence-electron chi connectivity index (χ1n) is 9.37. The molecular weight excluding hydrogens is 503 g/mol. The van der Waals surface area contributed by atoms with Crippen LogP contribution in [0.1, 0.15) is 5.56 Å². The van der Waals surface area contributed by atoms with Gasteiger partial charge in [-0.15, -0.1) is 24.0 Å². The van der Waals surface area contributed by atoms with Crippen LogP contribution in [0.5, 0.6) is 11.5 Å². The lowest BCUT2D eigenvalue weighted by molar-refractivity contribution is 0.354. The van der Waals surface area contributed by atoms with E-state index in [1.807, 2.05) is 30.3 Å². The van der Waals surface area contributed by atoms with Crippen molar-refractivity contribution in [3.8, 4) is 11.5 Å². The summed E-state index contributed by atoms with van der Waals surface area (Å²) in [5.41, 5.74) is 8.54.